The lowest BCUT2D eigenvalue weighted by molar-refractivity contribution is -0.140. The highest BCUT2D eigenvalue weighted by molar-refractivity contribution is 6.42. The second-order valence-corrected chi connectivity index (χ2v) is 4.77. The average Bonchev–Trinajstić information content (AvgIpc) is 2.38. The van der Waals surface area contributed by atoms with Crippen LogP contribution in [0.3, 0.4) is 0 Å². The number of hydrogen-bond donors (Lipinski definition) is 1. The van der Waals surface area contributed by atoms with Crippen LogP contribution in [0.25, 0.3) is 0 Å². The van der Waals surface area contributed by atoms with Gasteiger partial charge in [0.1, 0.15) is 0 Å². The Morgan fingerprint density at radius 3 is 2.63 bits per heavy atom. The van der Waals surface area contributed by atoms with Crippen molar-refractivity contribution in [1.82, 2.24) is 5.32 Å². The van der Waals surface area contributed by atoms with Crippen molar-refractivity contribution < 1.29 is 14.3 Å². The summed E-state index contributed by atoms with van der Waals surface area (Å²) in [5, 5.41) is 3.61. The van der Waals surface area contributed by atoms with Crippen LogP contribution in [0, 0.1) is 0 Å². The van der Waals surface area contributed by atoms with Crippen molar-refractivity contribution in [3.05, 3.63) is 33.8 Å². The van der Waals surface area contributed by atoms with Gasteiger partial charge >= 0.3 is 5.97 Å². The molecule has 0 bridgehead atoms. The van der Waals surface area contributed by atoms with E-state index in [9.17, 15) is 9.59 Å². The van der Waals surface area contributed by atoms with E-state index in [4.69, 9.17) is 23.2 Å². The molecule has 0 radical (unpaired) electrons. The molecule has 0 aliphatic rings. The highest BCUT2D eigenvalue weighted by atomic mass is 35.5. The fourth-order valence-electron chi connectivity index (χ4n) is 1.46. The summed E-state index contributed by atoms with van der Waals surface area (Å²) in [6.07, 6.45) is 1.08. The summed E-state index contributed by atoms with van der Waals surface area (Å²) in [4.78, 5) is 22.5. The summed E-state index contributed by atoms with van der Waals surface area (Å²) in [6.45, 7) is 0.440. The first kappa shape index (κ1) is 15.8. The van der Waals surface area contributed by atoms with Crippen molar-refractivity contribution in [2.75, 3.05) is 13.7 Å². The van der Waals surface area contributed by atoms with E-state index in [0.717, 1.165) is 5.56 Å². The number of benzene rings is 1. The van der Waals surface area contributed by atoms with Crippen molar-refractivity contribution in [2.45, 2.75) is 19.3 Å². The van der Waals surface area contributed by atoms with Gasteiger partial charge in [0.15, 0.2) is 0 Å². The molecule has 0 saturated heterocycles. The molecule has 0 fully saturated rings. The third-order valence-electron chi connectivity index (χ3n) is 2.46. The predicted octanol–water partition coefficient (Wildman–Crippen LogP) is 2.61. The fourth-order valence-corrected chi connectivity index (χ4v) is 1.78. The normalized spacial score (nSPS) is 10.1. The molecule has 0 unspecified atom stereocenters. The number of carbonyl (C=O) groups excluding carboxylic acids is 2. The standard InChI is InChI=1S/C13H15Cl2NO3/c1-19-13(18)3-2-6-16-12(17)8-9-4-5-10(14)11(15)7-9/h4-5,7H,2-3,6,8H2,1H3,(H,16,17). The Balaban J connectivity index is 2.31. The molecule has 0 atom stereocenters. The fraction of sp³-hybridized carbons (Fsp3) is 0.385. The van der Waals surface area contributed by atoms with Gasteiger partial charge in [0.25, 0.3) is 0 Å². The maximum Gasteiger partial charge on any atom is 0.305 e. The van der Waals surface area contributed by atoms with E-state index < -0.39 is 0 Å². The number of methoxy groups -OCH3 is 1. The summed E-state index contributed by atoms with van der Waals surface area (Å²) >= 11 is 11.6. The maximum atomic E-state index is 11.6. The molecule has 0 heterocycles. The molecule has 1 rings (SSSR count). The van der Waals surface area contributed by atoms with E-state index in [0.29, 0.717) is 29.4 Å². The Labute approximate surface area is 122 Å². The molecule has 104 valence electrons. The first-order chi connectivity index (χ1) is 9.02. The predicted molar refractivity (Wildman–Crippen MR) is 74.4 cm³/mol. The summed E-state index contributed by atoms with van der Waals surface area (Å²) in [6, 6.07) is 5.07. The maximum absolute atomic E-state index is 11.6. The number of ether oxygens (including phenoxy) is 1. The Bertz CT molecular complexity index is 463. The SMILES string of the molecule is COC(=O)CCCNC(=O)Cc1ccc(Cl)c(Cl)c1. The molecule has 1 aromatic carbocycles. The van der Waals surface area contributed by atoms with Gasteiger partial charge in [-0.15, -0.1) is 0 Å². The van der Waals surface area contributed by atoms with Gasteiger partial charge in [0, 0.05) is 13.0 Å². The Hall–Kier alpha value is -1.26. The average molecular weight is 304 g/mol. The quantitative estimate of drug-likeness (QED) is 0.649. The number of rotatable bonds is 6. The molecular formula is C13H15Cl2NO3. The Kier molecular flexibility index (Phi) is 6.67. The molecule has 4 nitrogen and oxygen atoms in total. The molecule has 0 spiro atoms. The van der Waals surface area contributed by atoms with Crippen LogP contribution < -0.4 is 5.32 Å². The van der Waals surface area contributed by atoms with Gasteiger partial charge in [-0.3, -0.25) is 9.59 Å². The number of amides is 1. The molecule has 19 heavy (non-hydrogen) atoms. The highest BCUT2D eigenvalue weighted by Gasteiger charge is 2.06. The highest BCUT2D eigenvalue weighted by Crippen LogP contribution is 2.22. The molecule has 0 aliphatic carbocycles. The summed E-state index contributed by atoms with van der Waals surface area (Å²) in [7, 11) is 1.34. The molecule has 1 amide bonds. The summed E-state index contributed by atoms with van der Waals surface area (Å²) in [5.74, 6) is -0.401. The summed E-state index contributed by atoms with van der Waals surface area (Å²) in [5.41, 5.74) is 0.792. The number of nitrogens with one attached hydrogen (secondary N) is 1. The Morgan fingerprint density at radius 2 is 2.00 bits per heavy atom. The number of halogens is 2. The van der Waals surface area contributed by atoms with E-state index in [1.807, 2.05) is 0 Å². The van der Waals surface area contributed by atoms with E-state index in [1.54, 1.807) is 18.2 Å². The van der Waals surface area contributed by atoms with Crippen LogP contribution in [0.15, 0.2) is 18.2 Å². The van der Waals surface area contributed by atoms with Gasteiger partial charge in [-0.1, -0.05) is 29.3 Å². The lowest BCUT2D eigenvalue weighted by Gasteiger charge is -2.05. The largest absolute Gasteiger partial charge is 0.469 e. The number of carbonyl (C=O) groups is 2. The third-order valence-corrected chi connectivity index (χ3v) is 3.20. The molecule has 6 heteroatoms. The smallest absolute Gasteiger partial charge is 0.305 e. The second-order valence-electron chi connectivity index (χ2n) is 3.95. The van der Waals surface area contributed by atoms with Gasteiger partial charge in [0.05, 0.1) is 23.6 Å². The summed E-state index contributed by atoms with van der Waals surface area (Å²) < 4.78 is 4.50. The van der Waals surface area contributed by atoms with Crippen molar-refractivity contribution in [1.29, 1.82) is 0 Å². The monoisotopic (exact) mass is 303 g/mol. The van der Waals surface area contributed by atoms with Crippen LogP contribution in [0.1, 0.15) is 18.4 Å². The topological polar surface area (TPSA) is 55.4 Å². The van der Waals surface area contributed by atoms with Crippen LogP contribution in [0.2, 0.25) is 10.0 Å². The zero-order chi connectivity index (χ0) is 14.3. The minimum atomic E-state index is -0.279. The van der Waals surface area contributed by atoms with E-state index in [2.05, 4.69) is 10.1 Å². The molecular weight excluding hydrogens is 289 g/mol. The Morgan fingerprint density at radius 1 is 1.26 bits per heavy atom. The molecule has 1 N–H and O–H groups in total. The van der Waals surface area contributed by atoms with Gasteiger partial charge in [-0.05, 0) is 24.1 Å². The number of hydrogen-bond acceptors (Lipinski definition) is 3. The zero-order valence-corrected chi connectivity index (χ0v) is 12.1. The first-order valence-electron chi connectivity index (χ1n) is 5.80. The van der Waals surface area contributed by atoms with Gasteiger partial charge in [-0.25, -0.2) is 0 Å². The molecule has 1 aromatic rings. The van der Waals surface area contributed by atoms with Crippen LogP contribution in [-0.4, -0.2) is 25.5 Å². The van der Waals surface area contributed by atoms with Crippen molar-refractivity contribution >= 4 is 35.1 Å². The van der Waals surface area contributed by atoms with Crippen molar-refractivity contribution in [3.63, 3.8) is 0 Å². The first-order valence-corrected chi connectivity index (χ1v) is 6.56. The van der Waals surface area contributed by atoms with Gasteiger partial charge < -0.3 is 10.1 Å². The zero-order valence-electron chi connectivity index (χ0n) is 10.5. The van der Waals surface area contributed by atoms with Crippen LogP contribution in [-0.2, 0) is 20.7 Å². The lowest BCUT2D eigenvalue weighted by Crippen LogP contribution is -2.26. The van der Waals surface area contributed by atoms with Gasteiger partial charge in [0.2, 0.25) is 5.91 Å². The molecule has 0 aliphatic heterocycles. The second kappa shape index (κ2) is 8.02. The van der Waals surface area contributed by atoms with Crippen LogP contribution in [0.5, 0.6) is 0 Å². The van der Waals surface area contributed by atoms with E-state index in [1.165, 1.54) is 7.11 Å². The minimum absolute atomic E-state index is 0.122. The van der Waals surface area contributed by atoms with Crippen LogP contribution in [0.4, 0.5) is 0 Å². The number of esters is 1. The minimum Gasteiger partial charge on any atom is -0.469 e. The molecule has 0 saturated carbocycles. The molecule has 0 aromatic heterocycles. The van der Waals surface area contributed by atoms with Crippen molar-refractivity contribution in [3.8, 4) is 0 Å². The van der Waals surface area contributed by atoms with Gasteiger partial charge in [-0.2, -0.15) is 0 Å². The van der Waals surface area contributed by atoms with Crippen molar-refractivity contribution in [2.24, 2.45) is 0 Å². The van der Waals surface area contributed by atoms with Crippen LogP contribution >= 0.6 is 23.2 Å². The lowest BCUT2D eigenvalue weighted by atomic mass is 10.1. The third kappa shape index (κ3) is 5.94. The van der Waals surface area contributed by atoms with E-state index in [-0.39, 0.29) is 18.3 Å². The van der Waals surface area contributed by atoms with E-state index >= 15 is 0 Å².